The highest BCUT2D eigenvalue weighted by atomic mass is 32.2. The fourth-order valence-electron chi connectivity index (χ4n) is 2.63. The lowest BCUT2D eigenvalue weighted by atomic mass is 9.84. The summed E-state index contributed by atoms with van der Waals surface area (Å²) in [5.41, 5.74) is -0.232. The maximum Gasteiger partial charge on any atom is 0.354 e. The number of hydrogen-bond donors (Lipinski definition) is 2. The minimum atomic E-state index is -3.76. The van der Waals surface area contributed by atoms with Crippen LogP contribution in [0.3, 0.4) is 0 Å². The van der Waals surface area contributed by atoms with Crippen LogP contribution in [-0.2, 0) is 26.5 Å². The first kappa shape index (κ1) is 17.9. The molecule has 0 aromatic carbocycles. The number of rotatable bonds is 7. The molecule has 2 N–H and O–H groups in total. The Bertz CT molecular complexity index is 661. The molecule has 9 heteroatoms. The van der Waals surface area contributed by atoms with Crippen LogP contribution in [-0.4, -0.2) is 57.5 Å². The first-order chi connectivity index (χ1) is 10.8. The summed E-state index contributed by atoms with van der Waals surface area (Å²) in [5, 5.41) is 9.18. The summed E-state index contributed by atoms with van der Waals surface area (Å²) in [6.45, 7) is 1.12. The van der Waals surface area contributed by atoms with Crippen LogP contribution in [0.5, 0.6) is 0 Å². The highest BCUT2D eigenvalue weighted by Crippen LogP contribution is 2.32. The van der Waals surface area contributed by atoms with Crippen LogP contribution in [0.25, 0.3) is 0 Å². The van der Waals surface area contributed by atoms with Gasteiger partial charge < -0.3 is 19.1 Å². The van der Waals surface area contributed by atoms with Gasteiger partial charge >= 0.3 is 5.97 Å². The summed E-state index contributed by atoms with van der Waals surface area (Å²) >= 11 is 0. The molecule has 1 fully saturated rings. The minimum Gasteiger partial charge on any atom is -0.464 e. The molecule has 1 aliphatic heterocycles. The van der Waals surface area contributed by atoms with E-state index in [1.807, 2.05) is 0 Å². The molecule has 1 aromatic heterocycles. The quantitative estimate of drug-likeness (QED) is 0.667. The van der Waals surface area contributed by atoms with Crippen LogP contribution in [0.15, 0.2) is 17.2 Å². The smallest absolute Gasteiger partial charge is 0.354 e. The summed E-state index contributed by atoms with van der Waals surface area (Å²) < 4.78 is 38.8. The largest absolute Gasteiger partial charge is 0.464 e. The zero-order valence-corrected chi connectivity index (χ0v) is 14.1. The van der Waals surface area contributed by atoms with Crippen molar-refractivity contribution >= 4 is 16.0 Å². The number of hydrogen-bond acceptors (Lipinski definition) is 6. The molecule has 2 heterocycles. The third-order valence-corrected chi connectivity index (χ3v) is 5.52. The van der Waals surface area contributed by atoms with Crippen molar-refractivity contribution in [3.8, 4) is 0 Å². The molecule has 0 spiro atoms. The lowest BCUT2D eigenvalue weighted by Crippen LogP contribution is -2.38. The van der Waals surface area contributed by atoms with E-state index in [0.717, 1.165) is 0 Å². The molecular formula is C14H22N2O6S. The third kappa shape index (κ3) is 3.92. The maximum absolute atomic E-state index is 12.4. The second-order valence-electron chi connectivity index (χ2n) is 5.76. The maximum atomic E-state index is 12.4. The van der Waals surface area contributed by atoms with Crippen LogP contribution < -0.4 is 4.72 Å². The predicted octanol–water partition coefficient (Wildman–Crippen LogP) is -0.121. The summed E-state index contributed by atoms with van der Waals surface area (Å²) in [4.78, 5) is 11.6. The number of aliphatic hydroxyl groups is 1. The normalized spacial score (nSPS) is 21.5. The Morgan fingerprint density at radius 3 is 2.87 bits per heavy atom. The molecule has 0 unspecified atom stereocenters. The van der Waals surface area contributed by atoms with Gasteiger partial charge in [-0.2, -0.15) is 0 Å². The topological polar surface area (TPSA) is 107 Å². The molecule has 23 heavy (non-hydrogen) atoms. The van der Waals surface area contributed by atoms with E-state index in [1.54, 1.807) is 7.05 Å². The second-order valence-corrected chi connectivity index (χ2v) is 7.53. The first-order valence-corrected chi connectivity index (χ1v) is 8.75. The molecule has 0 aliphatic carbocycles. The van der Waals surface area contributed by atoms with E-state index in [0.29, 0.717) is 26.1 Å². The fraction of sp³-hybridized carbons (Fsp3) is 0.643. The van der Waals surface area contributed by atoms with Crippen molar-refractivity contribution in [3.63, 3.8) is 0 Å². The summed E-state index contributed by atoms with van der Waals surface area (Å²) in [6.07, 6.45) is 2.52. The molecule has 2 rings (SSSR count). The number of methoxy groups -OCH3 is 1. The van der Waals surface area contributed by atoms with Crippen LogP contribution >= 0.6 is 0 Å². The molecule has 1 atom stereocenters. The van der Waals surface area contributed by atoms with Crippen molar-refractivity contribution in [3.05, 3.63) is 18.0 Å². The number of sulfonamides is 1. The monoisotopic (exact) mass is 346 g/mol. The van der Waals surface area contributed by atoms with Gasteiger partial charge in [-0.05, 0) is 18.9 Å². The summed E-state index contributed by atoms with van der Waals surface area (Å²) in [7, 11) is -0.954. The SMILES string of the molecule is COC(=O)c1cc(S(=O)(=O)NC[C@@]2(CCO)CCOC2)cn1C. The molecule has 0 bridgehead atoms. The summed E-state index contributed by atoms with van der Waals surface area (Å²) in [6, 6.07) is 1.28. The Kier molecular flexibility index (Phi) is 5.45. The van der Waals surface area contributed by atoms with Crippen molar-refractivity contribution < 1.29 is 27.8 Å². The van der Waals surface area contributed by atoms with Crippen molar-refractivity contribution in [2.75, 3.05) is 33.5 Å². The van der Waals surface area contributed by atoms with Gasteiger partial charge in [-0.15, -0.1) is 0 Å². The van der Waals surface area contributed by atoms with Crippen molar-refractivity contribution in [2.45, 2.75) is 17.7 Å². The average Bonchev–Trinajstić information content (AvgIpc) is 3.13. The van der Waals surface area contributed by atoms with Crippen LogP contribution in [0.2, 0.25) is 0 Å². The van der Waals surface area contributed by atoms with E-state index in [1.165, 1.54) is 23.9 Å². The lowest BCUT2D eigenvalue weighted by molar-refractivity contribution is 0.0590. The zero-order chi connectivity index (χ0) is 17.1. The van der Waals surface area contributed by atoms with Gasteiger partial charge in [0, 0.05) is 38.4 Å². The van der Waals surface area contributed by atoms with Crippen LogP contribution in [0.1, 0.15) is 23.3 Å². The Labute approximate surface area is 135 Å². The molecule has 1 aromatic rings. The highest BCUT2D eigenvalue weighted by Gasteiger charge is 2.36. The summed E-state index contributed by atoms with van der Waals surface area (Å²) in [5.74, 6) is -0.602. The van der Waals surface area contributed by atoms with E-state index in [2.05, 4.69) is 9.46 Å². The van der Waals surface area contributed by atoms with E-state index >= 15 is 0 Å². The molecular weight excluding hydrogens is 324 g/mol. The number of nitrogens with zero attached hydrogens (tertiary/aromatic N) is 1. The van der Waals surface area contributed by atoms with E-state index in [9.17, 15) is 18.3 Å². The van der Waals surface area contributed by atoms with Gasteiger partial charge in [0.25, 0.3) is 0 Å². The minimum absolute atomic E-state index is 0.00142. The number of esters is 1. The van der Waals surface area contributed by atoms with Crippen molar-refractivity contribution in [1.82, 2.24) is 9.29 Å². The highest BCUT2D eigenvalue weighted by molar-refractivity contribution is 7.89. The third-order valence-electron chi connectivity index (χ3n) is 4.15. The number of ether oxygens (including phenoxy) is 2. The number of aliphatic hydroxyl groups excluding tert-OH is 1. The Morgan fingerprint density at radius 2 is 2.30 bits per heavy atom. The molecule has 1 aliphatic rings. The number of aryl methyl sites for hydroxylation is 1. The van der Waals surface area contributed by atoms with Crippen molar-refractivity contribution in [2.24, 2.45) is 12.5 Å². The molecule has 0 amide bonds. The van der Waals surface area contributed by atoms with Crippen LogP contribution in [0.4, 0.5) is 0 Å². The van der Waals surface area contributed by atoms with E-state index < -0.39 is 16.0 Å². The van der Waals surface area contributed by atoms with Gasteiger partial charge in [0.05, 0.1) is 13.7 Å². The van der Waals surface area contributed by atoms with Gasteiger partial charge in [-0.1, -0.05) is 0 Å². The predicted molar refractivity (Wildman–Crippen MR) is 81.5 cm³/mol. The molecule has 1 saturated heterocycles. The van der Waals surface area contributed by atoms with E-state index in [-0.39, 0.29) is 29.2 Å². The zero-order valence-electron chi connectivity index (χ0n) is 13.2. The average molecular weight is 346 g/mol. The Morgan fingerprint density at radius 1 is 1.57 bits per heavy atom. The standard InChI is InChI=1S/C14H22N2O6S/c1-16-8-11(7-12(16)13(18)21-2)23(19,20)15-9-14(3-5-17)4-6-22-10-14/h7-8,15,17H,3-6,9-10H2,1-2H3/t14-/m1/s1. The Hall–Kier alpha value is -1.42. The van der Waals surface area contributed by atoms with Gasteiger partial charge in [0.2, 0.25) is 10.0 Å². The van der Waals surface area contributed by atoms with Gasteiger partial charge in [0.15, 0.2) is 0 Å². The van der Waals surface area contributed by atoms with E-state index in [4.69, 9.17) is 4.74 Å². The number of carbonyl (C=O) groups excluding carboxylic acids is 1. The second kappa shape index (κ2) is 7.00. The Balaban J connectivity index is 2.14. The van der Waals surface area contributed by atoms with Gasteiger partial charge in [-0.3, -0.25) is 0 Å². The molecule has 8 nitrogen and oxygen atoms in total. The number of aromatic nitrogens is 1. The number of nitrogens with one attached hydrogen (secondary N) is 1. The number of carbonyl (C=O) groups is 1. The molecule has 0 saturated carbocycles. The van der Waals surface area contributed by atoms with Gasteiger partial charge in [-0.25, -0.2) is 17.9 Å². The van der Waals surface area contributed by atoms with Crippen LogP contribution in [0, 0.1) is 5.41 Å². The van der Waals surface area contributed by atoms with Gasteiger partial charge in [0.1, 0.15) is 10.6 Å². The lowest BCUT2D eigenvalue weighted by Gasteiger charge is -2.26. The van der Waals surface area contributed by atoms with Crippen molar-refractivity contribution in [1.29, 1.82) is 0 Å². The molecule has 130 valence electrons. The molecule has 0 radical (unpaired) electrons. The fourth-order valence-corrected chi connectivity index (χ4v) is 3.86. The first-order valence-electron chi connectivity index (χ1n) is 7.26.